The number of amides is 4. The van der Waals surface area contributed by atoms with Crippen molar-refractivity contribution < 1.29 is 19.1 Å². The van der Waals surface area contributed by atoms with Crippen LogP contribution in [0.25, 0.3) is 0 Å². The summed E-state index contributed by atoms with van der Waals surface area (Å²) in [5.41, 5.74) is 11.0. The lowest BCUT2D eigenvalue weighted by molar-refractivity contribution is -0.121. The Kier molecular flexibility index (Phi) is 7.65. The van der Waals surface area contributed by atoms with E-state index in [-0.39, 0.29) is 12.3 Å². The summed E-state index contributed by atoms with van der Waals surface area (Å²) >= 11 is 0. The monoisotopic (exact) mass is 370 g/mol. The molecule has 2 rings (SSSR count). The summed E-state index contributed by atoms with van der Waals surface area (Å²) in [5.74, 6) is -0.160. The molecule has 4 amide bonds. The fraction of sp³-hybridized carbons (Fsp3) is 0.211. The molecule has 27 heavy (non-hydrogen) atoms. The summed E-state index contributed by atoms with van der Waals surface area (Å²) in [6, 6.07) is 15.7. The van der Waals surface area contributed by atoms with Crippen LogP contribution in [0.5, 0.6) is 5.75 Å². The van der Waals surface area contributed by atoms with E-state index < -0.39 is 11.9 Å². The van der Waals surface area contributed by atoms with Crippen LogP contribution in [0.15, 0.2) is 54.6 Å². The summed E-state index contributed by atoms with van der Waals surface area (Å²) < 4.78 is 5.66. The number of carbonyl (C=O) groups is 3. The van der Waals surface area contributed by atoms with Crippen LogP contribution in [0.3, 0.4) is 0 Å². The summed E-state index contributed by atoms with van der Waals surface area (Å²) in [6.45, 7) is 0.730. The molecule has 0 fully saturated rings. The molecule has 0 heterocycles. The molecule has 0 saturated heterocycles. The average molecular weight is 370 g/mol. The number of nitrogens with two attached hydrogens (primary N) is 1. The Morgan fingerprint density at radius 2 is 1.63 bits per heavy atom. The van der Waals surface area contributed by atoms with E-state index in [0.717, 1.165) is 5.56 Å². The molecular weight excluding hydrogens is 348 g/mol. The van der Waals surface area contributed by atoms with Gasteiger partial charge in [0.15, 0.2) is 0 Å². The van der Waals surface area contributed by atoms with Gasteiger partial charge in [-0.1, -0.05) is 30.3 Å². The normalized spacial score (nSPS) is 9.93. The van der Waals surface area contributed by atoms with Gasteiger partial charge in [0.05, 0.1) is 0 Å². The van der Waals surface area contributed by atoms with Crippen molar-refractivity contribution in [3.05, 3.63) is 65.7 Å². The average Bonchev–Trinajstić information content (AvgIpc) is 2.69. The number of benzene rings is 2. The first-order chi connectivity index (χ1) is 13.0. The first-order valence-corrected chi connectivity index (χ1v) is 8.44. The van der Waals surface area contributed by atoms with Crippen LogP contribution in [-0.4, -0.2) is 24.4 Å². The Hall–Kier alpha value is -3.55. The minimum Gasteiger partial charge on any atom is -0.489 e. The van der Waals surface area contributed by atoms with Crippen molar-refractivity contribution in [1.29, 1.82) is 0 Å². The molecule has 0 aliphatic carbocycles. The Bertz CT molecular complexity index is 763. The number of nitrogens with one attached hydrogen (secondary N) is 3. The van der Waals surface area contributed by atoms with Crippen LogP contribution < -0.4 is 26.6 Å². The third-order valence-electron chi connectivity index (χ3n) is 3.56. The predicted octanol–water partition coefficient (Wildman–Crippen LogP) is 1.48. The maximum absolute atomic E-state index is 12.0. The predicted molar refractivity (Wildman–Crippen MR) is 99.6 cm³/mol. The van der Waals surface area contributed by atoms with E-state index in [2.05, 4.69) is 16.2 Å². The van der Waals surface area contributed by atoms with Crippen molar-refractivity contribution in [2.24, 2.45) is 5.73 Å². The Balaban J connectivity index is 1.71. The molecule has 0 saturated carbocycles. The van der Waals surface area contributed by atoms with Crippen LogP contribution in [0.1, 0.15) is 28.8 Å². The Morgan fingerprint density at radius 3 is 2.30 bits per heavy atom. The SMILES string of the molecule is NC(=O)NCCCC(=O)NNC(=O)c1ccc(OCc2ccccc2)cc1. The topological polar surface area (TPSA) is 123 Å². The quantitative estimate of drug-likeness (QED) is 0.415. The molecule has 0 spiro atoms. The molecule has 8 heteroatoms. The first-order valence-electron chi connectivity index (χ1n) is 8.44. The van der Waals surface area contributed by atoms with E-state index in [1.807, 2.05) is 30.3 Å². The van der Waals surface area contributed by atoms with Gasteiger partial charge in [-0.15, -0.1) is 0 Å². The van der Waals surface area contributed by atoms with Gasteiger partial charge in [0.1, 0.15) is 12.4 Å². The molecule has 0 bridgehead atoms. The first kappa shape index (κ1) is 19.8. The lowest BCUT2D eigenvalue weighted by Crippen LogP contribution is -2.41. The largest absolute Gasteiger partial charge is 0.489 e. The number of hydrogen-bond donors (Lipinski definition) is 4. The summed E-state index contributed by atoms with van der Waals surface area (Å²) in [4.78, 5) is 34.1. The molecule has 5 N–H and O–H groups in total. The minimum absolute atomic E-state index is 0.146. The fourth-order valence-electron chi connectivity index (χ4n) is 2.17. The summed E-state index contributed by atoms with van der Waals surface area (Å²) in [5, 5.41) is 2.38. The van der Waals surface area contributed by atoms with Gasteiger partial charge >= 0.3 is 6.03 Å². The van der Waals surface area contributed by atoms with Gasteiger partial charge in [-0.25, -0.2) is 4.79 Å². The highest BCUT2D eigenvalue weighted by atomic mass is 16.5. The second kappa shape index (κ2) is 10.4. The zero-order valence-corrected chi connectivity index (χ0v) is 14.7. The van der Waals surface area contributed by atoms with Gasteiger partial charge in [-0.05, 0) is 36.2 Å². The lowest BCUT2D eigenvalue weighted by atomic mass is 10.2. The number of ether oxygens (including phenoxy) is 1. The van der Waals surface area contributed by atoms with Crippen LogP contribution in [0.2, 0.25) is 0 Å². The van der Waals surface area contributed by atoms with Gasteiger partial charge in [0.25, 0.3) is 5.91 Å². The van der Waals surface area contributed by atoms with Crippen molar-refractivity contribution in [3.8, 4) is 5.75 Å². The van der Waals surface area contributed by atoms with E-state index in [4.69, 9.17) is 10.5 Å². The highest BCUT2D eigenvalue weighted by Crippen LogP contribution is 2.14. The third-order valence-corrected chi connectivity index (χ3v) is 3.56. The molecule has 2 aromatic carbocycles. The van der Waals surface area contributed by atoms with Gasteiger partial charge in [0, 0.05) is 18.5 Å². The minimum atomic E-state index is -0.639. The molecular formula is C19H22N4O4. The van der Waals surface area contributed by atoms with E-state index >= 15 is 0 Å². The number of rotatable bonds is 8. The lowest BCUT2D eigenvalue weighted by Gasteiger charge is -2.09. The number of hydrogen-bond acceptors (Lipinski definition) is 4. The highest BCUT2D eigenvalue weighted by Gasteiger charge is 2.08. The maximum atomic E-state index is 12.0. The smallest absolute Gasteiger partial charge is 0.312 e. The molecule has 8 nitrogen and oxygen atoms in total. The highest BCUT2D eigenvalue weighted by molar-refractivity contribution is 5.95. The number of primary amides is 1. The van der Waals surface area contributed by atoms with E-state index in [0.29, 0.717) is 30.9 Å². The van der Waals surface area contributed by atoms with E-state index in [1.54, 1.807) is 24.3 Å². The second-order valence-electron chi connectivity index (χ2n) is 5.70. The third kappa shape index (κ3) is 7.47. The standard InChI is InChI=1S/C19H22N4O4/c20-19(26)21-12-4-7-17(24)22-23-18(25)15-8-10-16(11-9-15)27-13-14-5-2-1-3-6-14/h1-3,5-6,8-11H,4,7,12-13H2,(H,22,24)(H,23,25)(H3,20,21,26). The summed E-state index contributed by atoms with van der Waals surface area (Å²) in [7, 11) is 0. The zero-order valence-electron chi connectivity index (χ0n) is 14.7. The maximum Gasteiger partial charge on any atom is 0.312 e. The number of urea groups is 1. The molecule has 0 aromatic heterocycles. The molecule has 2 aromatic rings. The second-order valence-corrected chi connectivity index (χ2v) is 5.70. The van der Waals surface area contributed by atoms with E-state index in [1.165, 1.54) is 0 Å². The zero-order chi connectivity index (χ0) is 19.5. The van der Waals surface area contributed by atoms with Gasteiger partial charge in [-0.3, -0.25) is 20.4 Å². The number of carbonyl (C=O) groups excluding carboxylic acids is 3. The van der Waals surface area contributed by atoms with Gasteiger partial charge in [-0.2, -0.15) is 0 Å². The molecule has 0 aliphatic rings. The van der Waals surface area contributed by atoms with Crippen molar-refractivity contribution in [2.45, 2.75) is 19.4 Å². The molecule has 0 radical (unpaired) electrons. The van der Waals surface area contributed by atoms with Crippen molar-refractivity contribution in [2.75, 3.05) is 6.54 Å². The van der Waals surface area contributed by atoms with Crippen LogP contribution >= 0.6 is 0 Å². The molecule has 0 atom stereocenters. The van der Waals surface area contributed by atoms with Crippen LogP contribution in [0.4, 0.5) is 4.79 Å². The summed E-state index contributed by atoms with van der Waals surface area (Å²) in [6.07, 6.45) is 0.560. The van der Waals surface area contributed by atoms with E-state index in [9.17, 15) is 14.4 Å². The fourth-order valence-corrected chi connectivity index (χ4v) is 2.17. The molecule has 0 unspecified atom stereocenters. The molecule has 142 valence electrons. The number of hydrazine groups is 1. The Labute approximate surface area is 157 Å². The van der Waals surface area contributed by atoms with Crippen molar-refractivity contribution >= 4 is 17.8 Å². The van der Waals surface area contributed by atoms with Gasteiger partial charge in [0.2, 0.25) is 5.91 Å². The Morgan fingerprint density at radius 1 is 0.926 bits per heavy atom. The van der Waals surface area contributed by atoms with Crippen LogP contribution in [0, 0.1) is 0 Å². The van der Waals surface area contributed by atoms with Crippen LogP contribution in [-0.2, 0) is 11.4 Å². The van der Waals surface area contributed by atoms with Crippen molar-refractivity contribution in [1.82, 2.24) is 16.2 Å². The van der Waals surface area contributed by atoms with Gasteiger partial charge < -0.3 is 15.8 Å². The van der Waals surface area contributed by atoms with Crippen molar-refractivity contribution in [3.63, 3.8) is 0 Å². The molecule has 0 aliphatic heterocycles.